The fraction of sp³-hybridized carbons (Fsp3) is 0.0417. The number of benzene rings is 8. The van der Waals surface area contributed by atoms with Crippen LogP contribution in [0, 0.1) is 0 Å². The van der Waals surface area contributed by atoms with Crippen molar-refractivity contribution in [1.82, 2.24) is 0 Å². The first-order valence-corrected chi connectivity index (χ1v) is 17.8. The van der Waals surface area contributed by atoms with Crippen LogP contribution in [-0.4, -0.2) is 0 Å². The molecule has 0 spiro atoms. The highest BCUT2D eigenvalue weighted by molar-refractivity contribution is 7.85. The van der Waals surface area contributed by atoms with Crippen molar-refractivity contribution in [2.75, 3.05) is 5.32 Å². The van der Waals surface area contributed by atoms with Gasteiger partial charge in [-0.2, -0.15) is 0 Å². The van der Waals surface area contributed by atoms with Crippen LogP contribution in [0.1, 0.15) is 24.0 Å². The molecule has 0 aromatic heterocycles. The van der Waals surface area contributed by atoms with Gasteiger partial charge in [-0.25, -0.2) is 0 Å². The second-order valence-electron chi connectivity index (χ2n) is 13.0. The first-order valence-electron chi connectivity index (χ1n) is 17.3. The van der Waals surface area contributed by atoms with E-state index in [1.54, 1.807) is 0 Å². The minimum atomic E-state index is 0.989. The van der Waals surface area contributed by atoms with Crippen LogP contribution in [-0.2, 0) is 0 Å². The van der Waals surface area contributed by atoms with Crippen molar-refractivity contribution >= 4 is 67.5 Å². The fourth-order valence-corrected chi connectivity index (χ4v) is 8.18. The second kappa shape index (κ2) is 12.9. The lowest BCUT2D eigenvalue weighted by Crippen LogP contribution is -2.01. The number of para-hydroxylation sites is 1. The van der Waals surface area contributed by atoms with E-state index in [1.807, 2.05) is 0 Å². The molecule has 0 unspecified atom stereocenters. The van der Waals surface area contributed by atoms with Gasteiger partial charge >= 0.3 is 0 Å². The molecule has 50 heavy (non-hydrogen) atoms. The van der Waals surface area contributed by atoms with E-state index in [-0.39, 0.29) is 0 Å². The minimum Gasteiger partial charge on any atom is -0.355 e. The molecule has 1 aliphatic carbocycles. The molecule has 238 valence electrons. The van der Waals surface area contributed by atoms with Crippen molar-refractivity contribution in [2.45, 2.75) is 12.8 Å². The zero-order valence-electron chi connectivity index (χ0n) is 27.6. The maximum absolute atomic E-state index is 5.12. The highest BCUT2D eigenvalue weighted by atomic mass is 32.1. The first-order chi connectivity index (χ1) is 24.7. The molecule has 1 aliphatic rings. The third-order valence-corrected chi connectivity index (χ3v) is 10.5. The standard InChI is InChI=1S/C48H35NS/c50-48-38(33-15-2-1-3-16-33)25-13-26-44(48)39-20-10-11-27-45(39)49-37-19-12-18-35(31-37)46-40-21-6-8-23-42(40)47(43-24-9-7-22-41(43)46)36-29-28-32-14-4-5-17-34(32)30-36/h1-12,14-24,26-31,49-50H,13,25H2. The maximum Gasteiger partial charge on any atom is 0.0464 e. The van der Waals surface area contributed by atoms with E-state index in [1.165, 1.54) is 71.3 Å². The van der Waals surface area contributed by atoms with Crippen molar-refractivity contribution in [2.24, 2.45) is 0 Å². The molecule has 0 saturated heterocycles. The number of hydrogen-bond donors (Lipinski definition) is 2. The predicted molar refractivity (Wildman–Crippen MR) is 219 cm³/mol. The summed E-state index contributed by atoms with van der Waals surface area (Å²) in [5, 5.41) is 11.3. The summed E-state index contributed by atoms with van der Waals surface area (Å²) >= 11 is 5.12. The summed E-state index contributed by atoms with van der Waals surface area (Å²) in [6, 6.07) is 61.3. The van der Waals surface area contributed by atoms with Gasteiger partial charge in [-0.15, -0.1) is 12.6 Å². The molecule has 9 rings (SSSR count). The Morgan fingerprint density at radius 3 is 1.76 bits per heavy atom. The highest BCUT2D eigenvalue weighted by Gasteiger charge is 2.20. The maximum atomic E-state index is 5.12. The Kier molecular flexibility index (Phi) is 7.80. The molecule has 8 aromatic rings. The molecule has 0 fully saturated rings. The lowest BCUT2D eigenvalue weighted by Gasteiger charge is -2.22. The van der Waals surface area contributed by atoms with Crippen LogP contribution in [0.4, 0.5) is 11.4 Å². The Bertz CT molecular complexity index is 2570. The number of allylic oxidation sites excluding steroid dienone is 3. The van der Waals surface area contributed by atoms with Crippen LogP contribution in [0.15, 0.2) is 181 Å². The fourth-order valence-electron chi connectivity index (χ4n) is 7.73. The summed E-state index contributed by atoms with van der Waals surface area (Å²) in [7, 11) is 0. The van der Waals surface area contributed by atoms with Crippen LogP contribution in [0.3, 0.4) is 0 Å². The lowest BCUT2D eigenvalue weighted by molar-refractivity contribution is 1.06. The molecule has 1 nitrogen and oxygen atoms in total. The number of fused-ring (bicyclic) bond motifs is 3. The van der Waals surface area contributed by atoms with Gasteiger partial charge in [-0.1, -0.05) is 152 Å². The van der Waals surface area contributed by atoms with E-state index >= 15 is 0 Å². The Labute approximate surface area is 298 Å². The first kappa shape index (κ1) is 30.2. The smallest absolute Gasteiger partial charge is 0.0464 e. The topological polar surface area (TPSA) is 12.0 Å². The van der Waals surface area contributed by atoms with Gasteiger partial charge in [0.15, 0.2) is 0 Å². The zero-order valence-corrected chi connectivity index (χ0v) is 28.5. The van der Waals surface area contributed by atoms with E-state index < -0.39 is 0 Å². The Balaban J connectivity index is 1.15. The summed E-state index contributed by atoms with van der Waals surface area (Å²) in [5.41, 5.74) is 11.9. The van der Waals surface area contributed by atoms with Gasteiger partial charge in [0.05, 0.1) is 0 Å². The molecule has 0 aliphatic heterocycles. The number of anilines is 2. The van der Waals surface area contributed by atoms with Gasteiger partial charge < -0.3 is 5.32 Å². The van der Waals surface area contributed by atoms with Crippen molar-refractivity contribution in [3.8, 4) is 22.3 Å². The van der Waals surface area contributed by atoms with Crippen molar-refractivity contribution in [3.05, 3.63) is 192 Å². The zero-order chi connectivity index (χ0) is 33.4. The van der Waals surface area contributed by atoms with Crippen LogP contribution < -0.4 is 5.32 Å². The van der Waals surface area contributed by atoms with Crippen molar-refractivity contribution in [1.29, 1.82) is 0 Å². The third kappa shape index (κ3) is 5.39. The van der Waals surface area contributed by atoms with Gasteiger partial charge in [0, 0.05) is 21.8 Å². The summed E-state index contributed by atoms with van der Waals surface area (Å²) < 4.78 is 0. The molecule has 0 atom stereocenters. The van der Waals surface area contributed by atoms with Gasteiger partial charge in [0.2, 0.25) is 0 Å². The van der Waals surface area contributed by atoms with Gasteiger partial charge in [-0.3, -0.25) is 0 Å². The van der Waals surface area contributed by atoms with E-state index in [0.29, 0.717) is 0 Å². The van der Waals surface area contributed by atoms with Gasteiger partial charge in [-0.05, 0) is 108 Å². The minimum absolute atomic E-state index is 0.989. The van der Waals surface area contributed by atoms with Crippen LogP contribution in [0.5, 0.6) is 0 Å². The average Bonchev–Trinajstić information content (AvgIpc) is 3.17. The van der Waals surface area contributed by atoms with Crippen LogP contribution in [0.25, 0.3) is 65.7 Å². The van der Waals surface area contributed by atoms with Gasteiger partial charge in [0.1, 0.15) is 0 Å². The lowest BCUT2D eigenvalue weighted by atomic mass is 9.85. The summed E-state index contributed by atoms with van der Waals surface area (Å²) in [5.74, 6) is 0. The molecular weight excluding hydrogens is 623 g/mol. The summed E-state index contributed by atoms with van der Waals surface area (Å²) in [4.78, 5) is 1.05. The number of nitrogens with one attached hydrogen (secondary N) is 1. The van der Waals surface area contributed by atoms with E-state index in [2.05, 4.69) is 181 Å². The molecule has 0 saturated carbocycles. The predicted octanol–water partition coefficient (Wildman–Crippen LogP) is 13.7. The van der Waals surface area contributed by atoms with Crippen molar-refractivity contribution < 1.29 is 0 Å². The van der Waals surface area contributed by atoms with Crippen LogP contribution in [0.2, 0.25) is 0 Å². The summed E-state index contributed by atoms with van der Waals surface area (Å²) in [6.45, 7) is 0. The van der Waals surface area contributed by atoms with E-state index in [9.17, 15) is 0 Å². The SMILES string of the molecule is SC1=C(c2ccccc2)CCC=C1c1ccccc1Nc1cccc(-c2c3ccccc3c(-c3ccc4ccccc4c3)c3ccccc23)c1. The molecule has 0 radical (unpaired) electrons. The van der Waals surface area contributed by atoms with Crippen molar-refractivity contribution in [3.63, 3.8) is 0 Å². The molecule has 1 N–H and O–H groups in total. The Morgan fingerprint density at radius 2 is 1.04 bits per heavy atom. The summed E-state index contributed by atoms with van der Waals surface area (Å²) in [6.07, 6.45) is 4.31. The molecular formula is C48H35NS. The number of thiol groups is 1. The quantitative estimate of drug-likeness (QED) is 0.134. The molecule has 0 amide bonds. The van der Waals surface area contributed by atoms with E-state index in [0.717, 1.165) is 34.7 Å². The average molecular weight is 658 g/mol. The highest BCUT2D eigenvalue weighted by Crippen LogP contribution is 2.45. The molecule has 0 heterocycles. The van der Waals surface area contributed by atoms with Crippen LogP contribution >= 0.6 is 12.6 Å². The monoisotopic (exact) mass is 657 g/mol. The Morgan fingerprint density at radius 1 is 0.460 bits per heavy atom. The molecule has 2 heteroatoms. The third-order valence-electron chi connectivity index (χ3n) is 10.0. The number of rotatable bonds is 6. The molecule has 0 bridgehead atoms. The van der Waals surface area contributed by atoms with Gasteiger partial charge in [0.25, 0.3) is 0 Å². The Hall–Kier alpha value is -5.83. The number of hydrogen-bond acceptors (Lipinski definition) is 2. The van der Waals surface area contributed by atoms with E-state index in [4.69, 9.17) is 12.6 Å². The second-order valence-corrected chi connectivity index (χ2v) is 13.5. The molecule has 8 aromatic carbocycles. The largest absolute Gasteiger partial charge is 0.355 e. The normalized spacial score (nSPS) is 13.2.